The van der Waals surface area contributed by atoms with Crippen molar-refractivity contribution in [2.24, 2.45) is 0 Å². The van der Waals surface area contributed by atoms with E-state index < -0.39 is 0 Å². The minimum atomic E-state index is 1.28. The Morgan fingerprint density at radius 1 is 1.00 bits per heavy atom. The van der Waals surface area contributed by atoms with Gasteiger partial charge in [0.05, 0.1) is 0 Å². The fourth-order valence-corrected chi connectivity index (χ4v) is 4.24. The molecule has 0 aromatic carbocycles. The highest BCUT2D eigenvalue weighted by Gasteiger charge is 2.04. The van der Waals surface area contributed by atoms with Crippen molar-refractivity contribution >= 4 is 32.1 Å². The fourth-order valence-electron chi connectivity index (χ4n) is 1.86. The van der Waals surface area contributed by atoms with Crippen LogP contribution in [-0.4, -0.2) is 0 Å². The summed E-state index contributed by atoms with van der Waals surface area (Å²) < 4.78 is 2.98. The molecule has 0 fully saturated rings. The van der Waals surface area contributed by atoms with E-state index in [2.05, 4.69) is 26.0 Å². The largest absolute Gasteiger partial charge is 0.140 e. The molecule has 2 aromatic rings. The van der Waals surface area contributed by atoms with Gasteiger partial charge in [-0.25, -0.2) is 0 Å². The van der Waals surface area contributed by atoms with Gasteiger partial charge in [0.1, 0.15) is 0 Å². The highest BCUT2D eigenvalue weighted by Crippen LogP contribution is 2.33. The molecule has 2 aromatic heterocycles. The number of rotatable bonds is 5. The van der Waals surface area contributed by atoms with E-state index >= 15 is 0 Å². The van der Waals surface area contributed by atoms with Gasteiger partial charge in [-0.3, -0.25) is 0 Å². The summed E-state index contributed by atoms with van der Waals surface area (Å²) in [6.45, 7) is 4.46. The van der Waals surface area contributed by atoms with Crippen LogP contribution in [0.4, 0.5) is 0 Å². The fraction of sp³-hybridized carbons (Fsp3) is 0.538. The van der Waals surface area contributed by atoms with Gasteiger partial charge in [0.25, 0.3) is 0 Å². The van der Waals surface area contributed by atoms with E-state index in [9.17, 15) is 0 Å². The zero-order valence-corrected chi connectivity index (χ0v) is 11.1. The lowest BCUT2D eigenvalue weighted by Gasteiger charge is -1.96. The SMILES string of the molecule is CCCCCCc1cc2sc(C)cc2s1. The molecule has 0 amide bonds. The predicted molar refractivity (Wildman–Crippen MR) is 72.3 cm³/mol. The second kappa shape index (κ2) is 5.13. The molecule has 2 rings (SSSR count). The summed E-state index contributed by atoms with van der Waals surface area (Å²) in [5.41, 5.74) is 0. The second-order valence-corrected chi connectivity index (χ2v) is 6.57. The van der Waals surface area contributed by atoms with Crippen LogP contribution in [0.1, 0.15) is 42.4 Å². The molecule has 0 nitrogen and oxygen atoms in total. The lowest BCUT2D eigenvalue weighted by molar-refractivity contribution is 0.670. The first-order valence-electron chi connectivity index (χ1n) is 5.78. The summed E-state index contributed by atoms with van der Waals surface area (Å²) in [6.07, 6.45) is 6.75. The molecule has 0 spiro atoms. The van der Waals surface area contributed by atoms with Crippen molar-refractivity contribution < 1.29 is 0 Å². The van der Waals surface area contributed by atoms with Gasteiger partial charge in [-0.1, -0.05) is 26.2 Å². The van der Waals surface area contributed by atoms with E-state index in [1.54, 1.807) is 4.88 Å². The summed E-state index contributed by atoms with van der Waals surface area (Å²) in [5.74, 6) is 0. The number of fused-ring (bicyclic) bond motifs is 1. The molecular weight excluding hydrogens is 220 g/mol. The molecule has 0 bridgehead atoms. The third-order valence-electron chi connectivity index (χ3n) is 2.66. The van der Waals surface area contributed by atoms with E-state index in [0.717, 1.165) is 0 Å². The Kier molecular flexibility index (Phi) is 3.81. The van der Waals surface area contributed by atoms with E-state index in [1.165, 1.54) is 46.4 Å². The molecule has 0 unspecified atom stereocenters. The minimum absolute atomic E-state index is 1.28. The first-order valence-corrected chi connectivity index (χ1v) is 7.41. The van der Waals surface area contributed by atoms with Crippen LogP contribution in [-0.2, 0) is 6.42 Å². The molecular formula is C13H18S2. The Balaban J connectivity index is 1.94. The van der Waals surface area contributed by atoms with Gasteiger partial charge in [0.2, 0.25) is 0 Å². The van der Waals surface area contributed by atoms with E-state index in [1.807, 2.05) is 22.7 Å². The van der Waals surface area contributed by atoms with Crippen molar-refractivity contribution in [2.75, 3.05) is 0 Å². The van der Waals surface area contributed by atoms with Gasteiger partial charge < -0.3 is 0 Å². The first kappa shape index (κ1) is 11.2. The highest BCUT2D eigenvalue weighted by molar-refractivity contribution is 7.27. The van der Waals surface area contributed by atoms with E-state index in [4.69, 9.17) is 0 Å². The van der Waals surface area contributed by atoms with Crippen molar-refractivity contribution in [3.05, 3.63) is 21.9 Å². The monoisotopic (exact) mass is 238 g/mol. The predicted octanol–water partition coefficient (Wildman–Crippen LogP) is 5.39. The lowest BCUT2D eigenvalue weighted by Crippen LogP contribution is -1.80. The van der Waals surface area contributed by atoms with Crippen molar-refractivity contribution in [1.29, 1.82) is 0 Å². The first-order chi connectivity index (χ1) is 7.29. The summed E-state index contributed by atoms with van der Waals surface area (Å²) >= 11 is 3.91. The molecule has 0 saturated heterocycles. The molecule has 0 saturated carbocycles. The van der Waals surface area contributed by atoms with E-state index in [0.29, 0.717) is 0 Å². The molecule has 0 aliphatic carbocycles. The molecule has 2 heterocycles. The molecule has 0 aliphatic rings. The maximum absolute atomic E-state index is 2.39. The van der Waals surface area contributed by atoms with Gasteiger partial charge in [-0.15, -0.1) is 22.7 Å². The zero-order valence-electron chi connectivity index (χ0n) is 9.51. The van der Waals surface area contributed by atoms with Crippen LogP contribution >= 0.6 is 22.7 Å². The van der Waals surface area contributed by atoms with Gasteiger partial charge in [-0.05, 0) is 31.9 Å². The summed E-state index contributed by atoms with van der Waals surface area (Å²) in [4.78, 5) is 3.01. The van der Waals surface area contributed by atoms with Crippen molar-refractivity contribution in [1.82, 2.24) is 0 Å². The van der Waals surface area contributed by atoms with Crippen LogP contribution in [0.5, 0.6) is 0 Å². The van der Waals surface area contributed by atoms with Crippen molar-refractivity contribution in [3.8, 4) is 0 Å². The Bertz CT molecular complexity index is 391. The third-order valence-corrected chi connectivity index (χ3v) is 4.93. The van der Waals surface area contributed by atoms with Gasteiger partial charge >= 0.3 is 0 Å². The minimum Gasteiger partial charge on any atom is -0.140 e. The molecule has 82 valence electrons. The van der Waals surface area contributed by atoms with Crippen LogP contribution in [0, 0.1) is 6.92 Å². The maximum Gasteiger partial charge on any atom is 0.0456 e. The average Bonchev–Trinajstić information content (AvgIpc) is 2.69. The highest BCUT2D eigenvalue weighted by atomic mass is 32.1. The quantitative estimate of drug-likeness (QED) is 0.612. The standard InChI is InChI=1S/C13H18S2/c1-3-4-5-6-7-11-9-13-12(15-11)8-10(2)14-13/h8-9H,3-7H2,1-2H3. The smallest absolute Gasteiger partial charge is 0.0456 e. The summed E-state index contributed by atoms with van der Waals surface area (Å²) in [5, 5.41) is 0. The average molecular weight is 238 g/mol. The molecule has 0 radical (unpaired) electrons. The van der Waals surface area contributed by atoms with Gasteiger partial charge in [0.15, 0.2) is 0 Å². The Labute approximate surface area is 99.9 Å². The Hall–Kier alpha value is -0.340. The van der Waals surface area contributed by atoms with Crippen LogP contribution in [0.3, 0.4) is 0 Å². The van der Waals surface area contributed by atoms with Crippen LogP contribution in [0.25, 0.3) is 9.40 Å². The Morgan fingerprint density at radius 2 is 1.80 bits per heavy atom. The second-order valence-electron chi connectivity index (χ2n) is 4.11. The number of hydrogen-bond acceptors (Lipinski definition) is 2. The van der Waals surface area contributed by atoms with Crippen LogP contribution in [0.2, 0.25) is 0 Å². The number of hydrogen-bond donors (Lipinski definition) is 0. The topological polar surface area (TPSA) is 0 Å². The number of thiophene rings is 2. The summed E-state index contributed by atoms with van der Waals surface area (Å²) in [7, 11) is 0. The van der Waals surface area contributed by atoms with Crippen molar-refractivity contribution in [2.45, 2.75) is 46.0 Å². The third kappa shape index (κ3) is 2.82. The normalized spacial score (nSPS) is 11.3. The molecule has 0 aliphatic heterocycles. The van der Waals surface area contributed by atoms with Crippen LogP contribution in [0.15, 0.2) is 12.1 Å². The Morgan fingerprint density at radius 3 is 2.53 bits per heavy atom. The lowest BCUT2D eigenvalue weighted by atomic mass is 10.1. The van der Waals surface area contributed by atoms with Crippen molar-refractivity contribution in [3.63, 3.8) is 0 Å². The molecule has 2 heteroatoms. The molecule has 0 N–H and O–H groups in total. The van der Waals surface area contributed by atoms with Gasteiger partial charge in [0, 0.05) is 19.2 Å². The molecule has 15 heavy (non-hydrogen) atoms. The van der Waals surface area contributed by atoms with Gasteiger partial charge in [-0.2, -0.15) is 0 Å². The number of aryl methyl sites for hydroxylation is 2. The van der Waals surface area contributed by atoms with E-state index in [-0.39, 0.29) is 0 Å². The summed E-state index contributed by atoms with van der Waals surface area (Å²) in [6, 6.07) is 4.71. The zero-order chi connectivity index (χ0) is 10.7. The maximum atomic E-state index is 2.39. The molecule has 0 atom stereocenters. The van der Waals surface area contributed by atoms with Crippen LogP contribution < -0.4 is 0 Å². The number of unbranched alkanes of at least 4 members (excludes halogenated alkanes) is 3.